The minimum absolute atomic E-state index is 0.00659. The van der Waals surface area contributed by atoms with Crippen molar-refractivity contribution in [3.63, 3.8) is 0 Å². The molecule has 2 aromatic heterocycles. The molecular formula is C21H22N4O6. The molecule has 0 saturated heterocycles. The van der Waals surface area contributed by atoms with Gasteiger partial charge in [0.1, 0.15) is 23.7 Å². The zero-order valence-corrected chi connectivity index (χ0v) is 17.1. The quantitative estimate of drug-likeness (QED) is 0.514. The average molecular weight is 426 g/mol. The maximum absolute atomic E-state index is 12.1. The molecule has 10 heteroatoms. The molecule has 0 aliphatic carbocycles. The molecule has 0 bridgehead atoms. The molecule has 0 saturated carbocycles. The lowest BCUT2D eigenvalue weighted by Gasteiger charge is -2.07. The molecule has 1 aromatic carbocycles. The fourth-order valence-corrected chi connectivity index (χ4v) is 2.91. The number of nitrogens with zero attached hydrogens (tertiary/aromatic N) is 2. The summed E-state index contributed by atoms with van der Waals surface area (Å²) in [5, 5.41) is 2.74. The molecule has 0 aliphatic heterocycles. The van der Waals surface area contributed by atoms with E-state index in [2.05, 4.69) is 15.3 Å². The molecule has 162 valence electrons. The molecule has 0 fully saturated rings. The van der Waals surface area contributed by atoms with Gasteiger partial charge in [-0.15, -0.1) is 0 Å². The maximum Gasteiger partial charge on any atom is 0.342 e. The Morgan fingerprint density at radius 2 is 1.87 bits per heavy atom. The molecule has 3 aromatic rings. The van der Waals surface area contributed by atoms with Crippen LogP contribution in [-0.2, 0) is 32.1 Å². The second kappa shape index (κ2) is 9.70. The number of ether oxygens (including phenoxy) is 2. The molecule has 1 amide bonds. The summed E-state index contributed by atoms with van der Waals surface area (Å²) in [5.74, 6) is -1.15. The van der Waals surface area contributed by atoms with Crippen LogP contribution >= 0.6 is 0 Å². The summed E-state index contributed by atoms with van der Waals surface area (Å²) in [5.41, 5.74) is 7.06. The van der Waals surface area contributed by atoms with Crippen molar-refractivity contribution >= 4 is 34.8 Å². The van der Waals surface area contributed by atoms with E-state index in [-0.39, 0.29) is 60.4 Å². The van der Waals surface area contributed by atoms with E-state index >= 15 is 0 Å². The van der Waals surface area contributed by atoms with E-state index in [1.54, 1.807) is 13.8 Å². The number of anilines is 1. The van der Waals surface area contributed by atoms with Crippen LogP contribution in [0.2, 0.25) is 0 Å². The molecule has 0 radical (unpaired) electrons. The van der Waals surface area contributed by atoms with Crippen molar-refractivity contribution in [2.75, 3.05) is 18.9 Å². The number of hydrogen-bond donors (Lipinski definition) is 2. The number of nitrogens with two attached hydrogens (primary N) is 1. The summed E-state index contributed by atoms with van der Waals surface area (Å²) in [4.78, 5) is 44.2. The van der Waals surface area contributed by atoms with Crippen LogP contribution < -0.4 is 11.1 Å². The number of fused-ring (bicyclic) bond motifs is 1. The number of esters is 2. The third-order valence-electron chi connectivity index (χ3n) is 4.28. The predicted octanol–water partition coefficient (Wildman–Crippen LogP) is 1.69. The fraction of sp³-hybridized carbons (Fsp3) is 0.286. The van der Waals surface area contributed by atoms with Crippen molar-refractivity contribution in [1.82, 2.24) is 15.3 Å². The van der Waals surface area contributed by atoms with Crippen molar-refractivity contribution in [3.8, 4) is 0 Å². The summed E-state index contributed by atoms with van der Waals surface area (Å²) in [6, 6.07) is 9.15. The number of carbonyl (C=O) groups is 3. The minimum atomic E-state index is -0.661. The Balaban J connectivity index is 1.59. The van der Waals surface area contributed by atoms with Crippen LogP contribution in [0.3, 0.4) is 0 Å². The molecule has 31 heavy (non-hydrogen) atoms. The molecule has 0 unspecified atom stereocenters. The lowest BCUT2D eigenvalue weighted by atomic mass is 10.1. The number of carbonyl (C=O) groups excluding carboxylic acids is 3. The van der Waals surface area contributed by atoms with E-state index in [1.807, 2.05) is 30.3 Å². The van der Waals surface area contributed by atoms with Crippen LogP contribution in [0, 0.1) is 6.92 Å². The van der Waals surface area contributed by atoms with Crippen LogP contribution in [0.25, 0.3) is 11.1 Å². The number of nitrogens with one attached hydrogen (secondary N) is 1. The first-order valence-electron chi connectivity index (χ1n) is 9.57. The van der Waals surface area contributed by atoms with E-state index in [1.165, 1.54) is 0 Å². The van der Waals surface area contributed by atoms with Crippen LogP contribution in [0.15, 0.2) is 34.7 Å². The van der Waals surface area contributed by atoms with Gasteiger partial charge in [-0.05, 0) is 19.4 Å². The number of aromatic nitrogens is 2. The molecule has 10 nitrogen and oxygen atoms in total. The number of benzene rings is 1. The Morgan fingerprint density at radius 3 is 2.58 bits per heavy atom. The average Bonchev–Trinajstić information content (AvgIpc) is 3.08. The van der Waals surface area contributed by atoms with Gasteiger partial charge in [-0.2, -0.15) is 4.98 Å². The highest BCUT2D eigenvalue weighted by atomic mass is 16.5. The number of furan rings is 1. The SMILES string of the molecule is CCOC(=O)c1c(C)oc2nc(COC(=O)CNC(=O)Cc3ccccc3)nc(N)c12. The van der Waals surface area contributed by atoms with Gasteiger partial charge in [0.15, 0.2) is 12.4 Å². The normalized spacial score (nSPS) is 10.6. The Kier molecular flexibility index (Phi) is 6.81. The first-order chi connectivity index (χ1) is 14.9. The fourth-order valence-electron chi connectivity index (χ4n) is 2.91. The number of rotatable bonds is 8. The lowest BCUT2D eigenvalue weighted by Crippen LogP contribution is -2.31. The zero-order valence-electron chi connectivity index (χ0n) is 17.1. The lowest BCUT2D eigenvalue weighted by molar-refractivity contribution is -0.145. The van der Waals surface area contributed by atoms with Crippen LogP contribution in [0.1, 0.15) is 34.4 Å². The van der Waals surface area contributed by atoms with E-state index in [0.717, 1.165) is 5.56 Å². The maximum atomic E-state index is 12.1. The molecular weight excluding hydrogens is 404 g/mol. The monoisotopic (exact) mass is 426 g/mol. The van der Waals surface area contributed by atoms with E-state index < -0.39 is 11.9 Å². The van der Waals surface area contributed by atoms with Gasteiger partial charge < -0.3 is 24.9 Å². The number of hydrogen-bond acceptors (Lipinski definition) is 9. The van der Waals surface area contributed by atoms with E-state index in [0.29, 0.717) is 5.76 Å². The second-order valence-electron chi connectivity index (χ2n) is 6.56. The molecule has 0 aliphatic rings. The van der Waals surface area contributed by atoms with E-state index in [9.17, 15) is 14.4 Å². The Labute approximate surface area is 177 Å². The standard InChI is InChI=1S/C21H22N4O6/c1-3-29-21(28)17-12(2)31-20-18(17)19(22)24-14(25-20)11-30-16(27)10-23-15(26)9-13-7-5-4-6-8-13/h4-8H,3,9-11H2,1-2H3,(H,23,26)(H2,22,24,25). The molecule has 3 N–H and O–H groups in total. The predicted molar refractivity (Wildman–Crippen MR) is 110 cm³/mol. The van der Waals surface area contributed by atoms with Crippen molar-refractivity contribution < 1.29 is 28.3 Å². The largest absolute Gasteiger partial charge is 0.462 e. The summed E-state index contributed by atoms with van der Waals surface area (Å²) < 4.78 is 15.6. The van der Waals surface area contributed by atoms with Gasteiger partial charge in [-0.3, -0.25) is 9.59 Å². The first-order valence-corrected chi connectivity index (χ1v) is 9.57. The van der Waals surface area contributed by atoms with Crippen molar-refractivity contribution in [1.29, 1.82) is 0 Å². The van der Waals surface area contributed by atoms with Crippen LogP contribution in [0.4, 0.5) is 5.82 Å². The van der Waals surface area contributed by atoms with Gasteiger partial charge in [0.25, 0.3) is 0 Å². The molecule has 2 heterocycles. The summed E-state index contributed by atoms with van der Waals surface area (Å²) in [6.07, 6.45) is 0.158. The Morgan fingerprint density at radius 1 is 1.13 bits per heavy atom. The Hall–Kier alpha value is -3.95. The van der Waals surface area contributed by atoms with Crippen LogP contribution in [0.5, 0.6) is 0 Å². The highest BCUT2D eigenvalue weighted by molar-refractivity contribution is 6.07. The molecule has 0 spiro atoms. The van der Waals surface area contributed by atoms with Crippen molar-refractivity contribution in [2.24, 2.45) is 0 Å². The zero-order chi connectivity index (χ0) is 22.4. The third-order valence-corrected chi connectivity index (χ3v) is 4.28. The molecule has 0 atom stereocenters. The topological polar surface area (TPSA) is 147 Å². The summed E-state index contributed by atoms with van der Waals surface area (Å²) in [6.45, 7) is 2.90. The summed E-state index contributed by atoms with van der Waals surface area (Å²) in [7, 11) is 0. The smallest absolute Gasteiger partial charge is 0.342 e. The Bertz CT molecular complexity index is 1110. The van der Waals surface area contributed by atoms with Gasteiger partial charge in [0.2, 0.25) is 11.6 Å². The van der Waals surface area contributed by atoms with Gasteiger partial charge >= 0.3 is 11.9 Å². The highest BCUT2D eigenvalue weighted by Crippen LogP contribution is 2.28. The van der Waals surface area contributed by atoms with Crippen molar-refractivity contribution in [3.05, 3.63) is 53.0 Å². The number of amides is 1. The van der Waals surface area contributed by atoms with Gasteiger partial charge in [0, 0.05) is 0 Å². The van der Waals surface area contributed by atoms with Gasteiger partial charge in [0.05, 0.1) is 18.4 Å². The van der Waals surface area contributed by atoms with E-state index in [4.69, 9.17) is 19.6 Å². The summed E-state index contributed by atoms with van der Waals surface area (Å²) >= 11 is 0. The van der Waals surface area contributed by atoms with Gasteiger partial charge in [-0.25, -0.2) is 9.78 Å². The second-order valence-corrected chi connectivity index (χ2v) is 6.56. The highest BCUT2D eigenvalue weighted by Gasteiger charge is 2.24. The van der Waals surface area contributed by atoms with Crippen LogP contribution in [-0.4, -0.2) is 41.0 Å². The van der Waals surface area contributed by atoms with Gasteiger partial charge in [-0.1, -0.05) is 30.3 Å². The molecule has 3 rings (SSSR count). The van der Waals surface area contributed by atoms with Crippen molar-refractivity contribution in [2.45, 2.75) is 26.9 Å². The number of aryl methyl sites for hydroxylation is 1. The minimum Gasteiger partial charge on any atom is -0.462 e. The first kappa shape index (κ1) is 21.8. The number of nitrogen functional groups attached to an aromatic ring is 1. The third kappa shape index (κ3) is 5.35.